The van der Waals surface area contributed by atoms with E-state index in [1.165, 1.54) is 5.56 Å². The third-order valence-corrected chi connectivity index (χ3v) is 4.12. The van der Waals surface area contributed by atoms with Gasteiger partial charge in [-0.2, -0.15) is 11.3 Å². The molecular weight excluding hydrogens is 232 g/mol. The van der Waals surface area contributed by atoms with Gasteiger partial charge in [0.15, 0.2) is 0 Å². The molecule has 1 saturated carbocycles. The van der Waals surface area contributed by atoms with E-state index in [0.717, 1.165) is 25.7 Å². The number of amides is 1. The fraction of sp³-hybridized carbons (Fsp3) is 0.615. The minimum Gasteiger partial charge on any atom is -0.353 e. The van der Waals surface area contributed by atoms with Crippen molar-refractivity contribution in [3.63, 3.8) is 0 Å². The first-order valence-electron chi connectivity index (χ1n) is 6.17. The summed E-state index contributed by atoms with van der Waals surface area (Å²) in [5.41, 5.74) is 7.13. The van der Waals surface area contributed by atoms with E-state index < -0.39 is 0 Å². The van der Waals surface area contributed by atoms with Crippen molar-refractivity contribution < 1.29 is 4.79 Å². The summed E-state index contributed by atoms with van der Waals surface area (Å²) < 4.78 is 0. The van der Waals surface area contributed by atoms with Crippen LogP contribution in [0.2, 0.25) is 0 Å². The van der Waals surface area contributed by atoms with E-state index in [9.17, 15) is 4.79 Å². The first-order valence-corrected chi connectivity index (χ1v) is 7.11. The van der Waals surface area contributed by atoms with Gasteiger partial charge >= 0.3 is 0 Å². The number of nitrogens with one attached hydrogen (secondary N) is 1. The Hall–Kier alpha value is -0.870. The molecule has 0 radical (unpaired) electrons. The summed E-state index contributed by atoms with van der Waals surface area (Å²) in [7, 11) is 0. The Bertz CT molecular complexity index is 371. The lowest BCUT2D eigenvalue weighted by Crippen LogP contribution is -2.50. The fourth-order valence-electron chi connectivity index (χ4n) is 2.27. The van der Waals surface area contributed by atoms with E-state index in [1.54, 1.807) is 11.3 Å². The molecule has 1 aromatic heterocycles. The lowest BCUT2D eigenvalue weighted by Gasteiger charge is -2.37. The molecule has 0 aliphatic heterocycles. The van der Waals surface area contributed by atoms with Crippen LogP contribution in [-0.4, -0.2) is 17.5 Å². The van der Waals surface area contributed by atoms with Gasteiger partial charge in [-0.3, -0.25) is 4.79 Å². The third kappa shape index (κ3) is 3.54. The third-order valence-electron chi connectivity index (χ3n) is 3.39. The van der Waals surface area contributed by atoms with Crippen molar-refractivity contribution in [2.45, 2.75) is 50.6 Å². The Kier molecular flexibility index (Phi) is 3.84. The molecule has 1 atom stereocenters. The molecule has 17 heavy (non-hydrogen) atoms. The molecule has 1 heterocycles. The molecule has 0 saturated heterocycles. The van der Waals surface area contributed by atoms with Crippen molar-refractivity contribution in [1.29, 1.82) is 0 Å². The Labute approximate surface area is 106 Å². The highest BCUT2D eigenvalue weighted by Gasteiger charge is 2.34. The molecule has 4 heteroatoms. The predicted octanol–water partition coefficient (Wildman–Crippen LogP) is 2.07. The Balaban J connectivity index is 1.74. The Morgan fingerprint density at radius 1 is 1.65 bits per heavy atom. The van der Waals surface area contributed by atoms with Crippen LogP contribution in [-0.2, 0) is 11.2 Å². The van der Waals surface area contributed by atoms with Gasteiger partial charge < -0.3 is 11.1 Å². The molecule has 94 valence electrons. The van der Waals surface area contributed by atoms with Crippen molar-refractivity contribution in [3.05, 3.63) is 22.4 Å². The van der Waals surface area contributed by atoms with Crippen LogP contribution in [0.3, 0.4) is 0 Å². The quantitative estimate of drug-likeness (QED) is 0.843. The van der Waals surface area contributed by atoms with Crippen LogP contribution >= 0.6 is 11.3 Å². The molecule has 1 unspecified atom stereocenters. The highest BCUT2D eigenvalue weighted by molar-refractivity contribution is 7.07. The summed E-state index contributed by atoms with van der Waals surface area (Å²) >= 11 is 1.69. The van der Waals surface area contributed by atoms with Crippen LogP contribution in [0.4, 0.5) is 0 Å². The lowest BCUT2D eigenvalue weighted by molar-refractivity contribution is -0.123. The number of hydrogen-bond acceptors (Lipinski definition) is 3. The van der Waals surface area contributed by atoms with Crippen LogP contribution in [0.15, 0.2) is 16.8 Å². The van der Waals surface area contributed by atoms with Crippen LogP contribution < -0.4 is 11.1 Å². The van der Waals surface area contributed by atoms with Crippen LogP contribution in [0.1, 0.15) is 38.2 Å². The van der Waals surface area contributed by atoms with Gasteiger partial charge in [-0.15, -0.1) is 0 Å². The Morgan fingerprint density at radius 2 is 2.41 bits per heavy atom. The van der Waals surface area contributed by atoms with Gasteiger partial charge in [-0.05, 0) is 55.0 Å². The van der Waals surface area contributed by atoms with Gasteiger partial charge in [0.1, 0.15) is 0 Å². The highest BCUT2D eigenvalue weighted by atomic mass is 32.1. The van der Waals surface area contributed by atoms with E-state index in [2.05, 4.69) is 22.1 Å². The summed E-state index contributed by atoms with van der Waals surface area (Å²) in [6, 6.07) is 2.28. The van der Waals surface area contributed by atoms with E-state index in [-0.39, 0.29) is 17.5 Å². The number of carbonyl (C=O) groups is 1. The van der Waals surface area contributed by atoms with E-state index in [4.69, 9.17) is 5.73 Å². The summed E-state index contributed by atoms with van der Waals surface area (Å²) in [5.74, 6) is 0.0925. The number of carbonyl (C=O) groups excluding carboxylic acids is 1. The first kappa shape index (κ1) is 12.6. The predicted molar refractivity (Wildman–Crippen MR) is 71.0 cm³/mol. The second kappa shape index (κ2) is 5.19. The standard InChI is InChI=1S/C13H20N2OS/c1-10(7-11-3-6-17-9-11)15-12(16)8-13(14)4-2-5-13/h3,6,9-10H,2,4-5,7-8,14H2,1H3,(H,15,16). The van der Waals surface area contributed by atoms with Crippen molar-refractivity contribution in [2.24, 2.45) is 5.73 Å². The zero-order valence-electron chi connectivity index (χ0n) is 10.2. The number of hydrogen-bond donors (Lipinski definition) is 2. The maximum atomic E-state index is 11.8. The van der Waals surface area contributed by atoms with Crippen LogP contribution in [0, 0.1) is 0 Å². The summed E-state index contributed by atoms with van der Waals surface area (Å²) in [6.45, 7) is 2.04. The van der Waals surface area contributed by atoms with Crippen molar-refractivity contribution in [3.8, 4) is 0 Å². The van der Waals surface area contributed by atoms with E-state index in [1.807, 2.05) is 6.92 Å². The largest absolute Gasteiger partial charge is 0.353 e. The molecule has 1 aliphatic rings. The first-order chi connectivity index (χ1) is 8.07. The van der Waals surface area contributed by atoms with Gasteiger partial charge in [-0.25, -0.2) is 0 Å². The smallest absolute Gasteiger partial charge is 0.222 e. The maximum absolute atomic E-state index is 11.8. The van der Waals surface area contributed by atoms with Crippen LogP contribution in [0.25, 0.3) is 0 Å². The number of thiophene rings is 1. The van der Waals surface area contributed by atoms with Crippen molar-refractivity contribution in [1.82, 2.24) is 5.32 Å². The monoisotopic (exact) mass is 252 g/mol. The molecule has 1 aromatic rings. The zero-order valence-corrected chi connectivity index (χ0v) is 11.1. The highest BCUT2D eigenvalue weighted by Crippen LogP contribution is 2.31. The molecule has 0 bridgehead atoms. The minimum atomic E-state index is -0.216. The molecule has 0 spiro atoms. The minimum absolute atomic E-state index is 0.0925. The van der Waals surface area contributed by atoms with Gasteiger partial charge in [0.05, 0.1) is 0 Å². The number of rotatable bonds is 5. The molecule has 1 aliphatic carbocycles. The Morgan fingerprint density at radius 3 is 2.94 bits per heavy atom. The molecule has 1 fully saturated rings. The SMILES string of the molecule is CC(Cc1ccsc1)NC(=O)CC1(N)CCC1. The van der Waals surface area contributed by atoms with Crippen molar-refractivity contribution >= 4 is 17.2 Å². The summed E-state index contributed by atoms with van der Waals surface area (Å²) in [5, 5.41) is 7.21. The molecule has 3 nitrogen and oxygen atoms in total. The zero-order chi connectivity index (χ0) is 12.3. The summed E-state index contributed by atoms with van der Waals surface area (Å²) in [6.07, 6.45) is 4.50. The maximum Gasteiger partial charge on any atom is 0.222 e. The second-order valence-electron chi connectivity index (χ2n) is 5.20. The van der Waals surface area contributed by atoms with Gasteiger partial charge in [0.25, 0.3) is 0 Å². The molecule has 0 aromatic carbocycles. The average molecular weight is 252 g/mol. The van der Waals surface area contributed by atoms with Gasteiger partial charge in [0.2, 0.25) is 5.91 Å². The molecular formula is C13H20N2OS. The molecule has 2 rings (SSSR count). The van der Waals surface area contributed by atoms with Crippen molar-refractivity contribution in [2.75, 3.05) is 0 Å². The van der Waals surface area contributed by atoms with Crippen LogP contribution in [0.5, 0.6) is 0 Å². The van der Waals surface area contributed by atoms with Gasteiger partial charge in [0, 0.05) is 18.0 Å². The average Bonchev–Trinajstić information content (AvgIpc) is 2.67. The summed E-state index contributed by atoms with van der Waals surface area (Å²) in [4.78, 5) is 11.8. The van der Waals surface area contributed by atoms with E-state index in [0.29, 0.717) is 6.42 Å². The number of nitrogens with two attached hydrogens (primary N) is 1. The topological polar surface area (TPSA) is 55.1 Å². The normalized spacial score (nSPS) is 19.4. The molecule has 1 amide bonds. The lowest BCUT2D eigenvalue weighted by atomic mass is 9.75. The fourth-order valence-corrected chi connectivity index (χ4v) is 2.95. The second-order valence-corrected chi connectivity index (χ2v) is 5.98. The molecule has 3 N–H and O–H groups in total. The van der Waals surface area contributed by atoms with E-state index >= 15 is 0 Å². The van der Waals surface area contributed by atoms with Gasteiger partial charge in [-0.1, -0.05) is 0 Å².